The average Bonchev–Trinajstić information content (AvgIpc) is 3.20. The summed E-state index contributed by atoms with van der Waals surface area (Å²) in [5, 5.41) is 6.18. The summed E-state index contributed by atoms with van der Waals surface area (Å²) in [5.74, 6) is 0.782. The molecule has 0 spiro atoms. The molecule has 0 saturated carbocycles. The molecule has 2 aliphatic rings. The quantitative estimate of drug-likeness (QED) is 0.646. The van der Waals surface area contributed by atoms with Gasteiger partial charge < -0.3 is 9.15 Å². The molecule has 2 N–H and O–H groups in total. The third-order valence-corrected chi connectivity index (χ3v) is 6.89. The van der Waals surface area contributed by atoms with Crippen LogP contribution in [-0.4, -0.2) is 20.0 Å². The van der Waals surface area contributed by atoms with Crippen molar-refractivity contribution >= 4 is 21.0 Å². The lowest BCUT2D eigenvalue weighted by Gasteiger charge is -2.30. The molecule has 0 bridgehead atoms. The smallest absolute Gasteiger partial charge is 0.339 e. The number of ether oxygens (including phenoxy) is 1. The minimum atomic E-state index is -3.70. The lowest BCUT2D eigenvalue weighted by Crippen LogP contribution is -2.32. The Labute approximate surface area is 174 Å². The van der Waals surface area contributed by atoms with Crippen molar-refractivity contribution in [3.8, 4) is 5.75 Å². The number of fused-ring (bicyclic) bond motifs is 4. The molecule has 7 nitrogen and oxygen atoms in total. The predicted octanol–water partition coefficient (Wildman–Crippen LogP) is 2.59. The van der Waals surface area contributed by atoms with Gasteiger partial charge in [-0.1, -0.05) is 12.1 Å². The standard InChI is InChI=1S/C22H22N2O5S/c1-13-20-15(9-19-17-3-2-4-18(17)22(25)29-21(13)19)11-24(12-28-20)10-14-5-7-16(8-6-14)30(23,26)27/h5-9H,2-4,10-12H2,1H3,(H2,23,26,27). The summed E-state index contributed by atoms with van der Waals surface area (Å²) in [5.41, 5.74) is 5.23. The second-order valence-electron chi connectivity index (χ2n) is 8.02. The lowest BCUT2D eigenvalue weighted by molar-refractivity contribution is 0.0881. The third-order valence-electron chi connectivity index (χ3n) is 5.96. The Bertz CT molecular complexity index is 1330. The van der Waals surface area contributed by atoms with E-state index >= 15 is 0 Å². The molecule has 5 rings (SSSR count). The molecule has 0 fully saturated rings. The normalized spacial score (nSPS) is 16.3. The van der Waals surface area contributed by atoms with Crippen molar-refractivity contribution in [3.63, 3.8) is 0 Å². The maximum Gasteiger partial charge on any atom is 0.339 e. The van der Waals surface area contributed by atoms with E-state index in [2.05, 4.69) is 11.0 Å². The Morgan fingerprint density at radius 1 is 1.13 bits per heavy atom. The van der Waals surface area contributed by atoms with Gasteiger partial charge in [-0.3, -0.25) is 4.90 Å². The number of aryl methyl sites for hydroxylation is 2. The number of sulfonamides is 1. The number of primary sulfonamides is 1. The summed E-state index contributed by atoms with van der Waals surface area (Å²) in [7, 11) is -3.70. The highest BCUT2D eigenvalue weighted by Crippen LogP contribution is 2.38. The summed E-state index contributed by atoms with van der Waals surface area (Å²) in [4.78, 5) is 14.6. The first-order chi connectivity index (χ1) is 14.3. The highest BCUT2D eigenvalue weighted by molar-refractivity contribution is 7.89. The van der Waals surface area contributed by atoms with Crippen LogP contribution in [0.1, 0.15) is 34.2 Å². The Morgan fingerprint density at radius 2 is 1.87 bits per heavy atom. The number of benzene rings is 2. The van der Waals surface area contributed by atoms with Crippen LogP contribution in [0.3, 0.4) is 0 Å². The van der Waals surface area contributed by atoms with Crippen LogP contribution in [0.4, 0.5) is 0 Å². The molecule has 3 aromatic rings. The van der Waals surface area contributed by atoms with Crippen LogP contribution < -0.4 is 15.5 Å². The van der Waals surface area contributed by atoms with Crippen LogP contribution in [0.25, 0.3) is 11.0 Å². The van der Waals surface area contributed by atoms with E-state index < -0.39 is 10.0 Å². The van der Waals surface area contributed by atoms with Crippen molar-refractivity contribution in [2.75, 3.05) is 6.73 Å². The molecule has 0 radical (unpaired) electrons. The van der Waals surface area contributed by atoms with Gasteiger partial charge in [-0.25, -0.2) is 18.4 Å². The SMILES string of the molecule is Cc1c2c(cc3c4c(c(=O)oc13)CCC4)CN(Cc1ccc(S(N)(=O)=O)cc1)CO2. The predicted molar refractivity (Wildman–Crippen MR) is 112 cm³/mol. The van der Waals surface area contributed by atoms with Gasteiger partial charge in [-0.15, -0.1) is 0 Å². The van der Waals surface area contributed by atoms with Crippen LogP contribution in [-0.2, 0) is 36.0 Å². The monoisotopic (exact) mass is 426 g/mol. The van der Waals surface area contributed by atoms with Gasteiger partial charge in [0.25, 0.3) is 0 Å². The van der Waals surface area contributed by atoms with Crippen molar-refractivity contribution in [2.24, 2.45) is 5.14 Å². The largest absolute Gasteiger partial charge is 0.477 e. The maximum absolute atomic E-state index is 12.3. The summed E-state index contributed by atoms with van der Waals surface area (Å²) < 4.78 is 34.6. The topological polar surface area (TPSA) is 103 Å². The van der Waals surface area contributed by atoms with E-state index in [1.807, 2.05) is 6.92 Å². The molecule has 2 heterocycles. The maximum atomic E-state index is 12.3. The summed E-state index contributed by atoms with van der Waals surface area (Å²) in [6.07, 6.45) is 2.66. The van der Waals surface area contributed by atoms with Gasteiger partial charge in [0.05, 0.1) is 4.90 Å². The van der Waals surface area contributed by atoms with Crippen LogP contribution in [0.15, 0.2) is 44.4 Å². The van der Waals surface area contributed by atoms with E-state index in [0.717, 1.165) is 58.2 Å². The number of rotatable bonds is 3. The molecule has 156 valence electrons. The number of nitrogens with zero attached hydrogens (tertiary/aromatic N) is 1. The van der Waals surface area contributed by atoms with Gasteiger partial charge in [0.2, 0.25) is 10.0 Å². The van der Waals surface area contributed by atoms with Gasteiger partial charge >= 0.3 is 5.63 Å². The molecular weight excluding hydrogens is 404 g/mol. The minimum absolute atomic E-state index is 0.101. The van der Waals surface area contributed by atoms with Crippen molar-refractivity contribution in [1.82, 2.24) is 4.90 Å². The lowest BCUT2D eigenvalue weighted by atomic mass is 9.99. The van der Waals surface area contributed by atoms with E-state index in [1.165, 1.54) is 12.1 Å². The van der Waals surface area contributed by atoms with Gasteiger partial charge in [0.1, 0.15) is 18.1 Å². The summed E-state index contributed by atoms with van der Waals surface area (Å²) >= 11 is 0. The van der Waals surface area contributed by atoms with Crippen molar-refractivity contribution in [2.45, 2.75) is 44.2 Å². The zero-order valence-electron chi connectivity index (χ0n) is 16.6. The first-order valence-electron chi connectivity index (χ1n) is 9.89. The minimum Gasteiger partial charge on any atom is -0.477 e. The van der Waals surface area contributed by atoms with Gasteiger partial charge in [-0.05, 0) is 55.5 Å². The highest BCUT2D eigenvalue weighted by atomic mass is 32.2. The van der Waals surface area contributed by atoms with E-state index in [1.54, 1.807) is 12.1 Å². The van der Waals surface area contributed by atoms with E-state index in [4.69, 9.17) is 14.3 Å². The first-order valence-corrected chi connectivity index (χ1v) is 11.4. The molecule has 8 heteroatoms. The molecular formula is C22H22N2O5S. The molecule has 0 amide bonds. The zero-order valence-corrected chi connectivity index (χ0v) is 17.4. The van der Waals surface area contributed by atoms with Gasteiger partial charge in [-0.2, -0.15) is 0 Å². The molecule has 0 unspecified atom stereocenters. The second kappa shape index (κ2) is 6.94. The molecule has 30 heavy (non-hydrogen) atoms. The van der Waals surface area contributed by atoms with E-state index in [9.17, 15) is 13.2 Å². The van der Waals surface area contributed by atoms with Crippen LogP contribution >= 0.6 is 0 Å². The second-order valence-corrected chi connectivity index (χ2v) is 9.58. The Balaban J connectivity index is 1.46. The fourth-order valence-electron chi connectivity index (χ4n) is 4.53. The fraction of sp³-hybridized carbons (Fsp3) is 0.318. The Hall–Kier alpha value is -2.68. The average molecular weight is 426 g/mol. The molecule has 1 aliphatic carbocycles. The first kappa shape index (κ1) is 19.3. The summed E-state index contributed by atoms with van der Waals surface area (Å²) in [6, 6.07) is 8.67. The fourth-order valence-corrected chi connectivity index (χ4v) is 5.05. The van der Waals surface area contributed by atoms with Crippen molar-refractivity contribution < 1.29 is 17.6 Å². The highest BCUT2D eigenvalue weighted by Gasteiger charge is 2.26. The number of hydrogen-bond acceptors (Lipinski definition) is 6. The molecule has 0 saturated heterocycles. The van der Waals surface area contributed by atoms with Gasteiger partial charge in [0.15, 0.2) is 0 Å². The van der Waals surface area contributed by atoms with Crippen LogP contribution in [0.5, 0.6) is 5.75 Å². The number of hydrogen-bond donors (Lipinski definition) is 1. The van der Waals surface area contributed by atoms with E-state index in [0.29, 0.717) is 25.4 Å². The number of nitrogens with two attached hydrogens (primary N) is 1. The van der Waals surface area contributed by atoms with Gasteiger partial charge in [0, 0.05) is 35.2 Å². The molecule has 0 atom stereocenters. The van der Waals surface area contributed by atoms with Crippen molar-refractivity contribution in [3.05, 3.63) is 68.6 Å². The van der Waals surface area contributed by atoms with Crippen LogP contribution in [0, 0.1) is 6.92 Å². The third kappa shape index (κ3) is 3.21. The Kier molecular flexibility index (Phi) is 4.46. The molecule has 1 aromatic heterocycles. The summed E-state index contributed by atoms with van der Waals surface area (Å²) in [6.45, 7) is 3.64. The zero-order chi connectivity index (χ0) is 21.0. The molecule has 2 aromatic carbocycles. The van der Waals surface area contributed by atoms with Crippen LogP contribution in [0.2, 0.25) is 0 Å². The van der Waals surface area contributed by atoms with E-state index in [-0.39, 0.29) is 10.5 Å². The molecule has 1 aliphatic heterocycles. The Morgan fingerprint density at radius 3 is 2.60 bits per heavy atom. The van der Waals surface area contributed by atoms with Crippen molar-refractivity contribution in [1.29, 1.82) is 0 Å².